The van der Waals surface area contributed by atoms with Crippen molar-refractivity contribution in [2.24, 2.45) is 5.92 Å². The molecule has 0 saturated carbocycles. The highest BCUT2D eigenvalue weighted by molar-refractivity contribution is 7.16. The van der Waals surface area contributed by atoms with Crippen molar-refractivity contribution in [1.82, 2.24) is 0 Å². The Morgan fingerprint density at radius 2 is 1.67 bits per heavy atom. The molecule has 0 aromatic rings. The van der Waals surface area contributed by atoms with Crippen LogP contribution in [0.1, 0.15) is 58.8 Å². The third-order valence-corrected chi connectivity index (χ3v) is 3.29. The predicted octanol–water partition coefficient (Wildman–Crippen LogP) is 4.25. The van der Waals surface area contributed by atoms with Crippen LogP contribution in [0, 0.1) is 5.92 Å². The summed E-state index contributed by atoms with van der Waals surface area (Å²) >= 11 is 0. The largest absolute Gasteiger partial charge is 0.137 e. The van der Waals surface area contributed by atoms with Crippen LogP contribution >= 0.6 is 9.24 Å². The molecule has 2 unspecified atom stereocenters. The molecule has 12 heavy (non-hydrogen) atoms. The summed E-state index contributed by atoms with van der Waals surface area (Å²) in [6.45, 7) is 4.58. The first-order valence-electron chi connectivity index (χ1n) is 5.55. The monoisotopic (exact) mass is 188 g/mol. The molecule has 0 aliphatic heterocycles. The lowest BCUT2D eigenvalue weighted by atomic mass is 10.00. The summed E-state index contributed by atoms with van der Waals surface area (Å²) in [7, 11) is 2.87. The molecule has 0 fully saturated rings. The molecular weight excluding hydrogens is 163 g/mol. The van der Waals surface area contributed by atoms with E-state index in [1.165, 1.54) is 51.1 Å². The molecule has 0 bridgehead atoms. The molecule has 0 radical (unpaired) electrons. The van der Waals surface area contributed by atoms with Gasteiger partial charge in [0.25, 0.3) is 0 Å². The highest BCUT2D eigenvalue weighted by Gasteiger charge is 2.01. The summed E-state index contributed by atoms with van der Waals surface area (Å²) in [4.78, 5) is 0. The van der Waals surface area contributed by atoms with Gasteiger partial charge in [0.05, 0.1) is 0 Å². The van der Waals surface area contributed by atoms with Crippen molar-refractivity contribution in [3.8, 4) is 0 Å². The van der Waals surface area contributed by atoms with Crippen molar-refractivity contribution in [3.05, 3.63) is 0 Å². The Morgan fingerprint density at radius 1 is 1.00 bits per heavy atom. The van der Waals surface area contributed by atoms with Crippen molar-refractivity contribution in [1.29, 1.82) is 0 Å². The fourth-order valence-electron chi connectivity index (χ4n) is 1.53. The highest BCUT2D eigenvalue weighted by atomic mass is 31.0. The summed E-state index contributed by atoms with van der Waals surface area (Å²) in [5.41, 5.74) is 0. The molecule has 0 heterocycles. The molecule has 0 aliphatic rings. The maximum atomic E-state index is 2.87. The molecule has 0 aromatic heterocycles. The van der Waals surface area contributed by atoms with Gasteiger partial charge in [0.15, 0.2) is 0 Å². The lowest BCUT2D eigenvalue weighted by Gasteiger charge is -2.10. The molecule has 2 atom stereocenters. The van der Waals surface area contributed by atoms with E-state index in [9.17, 15) is 0 Å². The van der Waals surface area contributed by atoms with Gasteiger partial charge in [0.1, 0.15) is 0 Å². The highest BCUT2D eigenvalue weighted by Crippen LogP contribution is 2.16. The van der Waals surface area contributed by atoms with E-state index in [-0.39, 0.29) is 0 Å². The van der Waals surface area contributed by atoms with Crippen LogP contribution in [0.3, 0.4) is 0 Å². The van der Waals surface area contributed by atoms with E-state index in [1.54, 1.807) is 0 Å². The zero-order chi connectivity index (χ0) is 9.23. The zero-order valence-electron chi connectivity index (χ0n) is 8.81. The molecule has 0 aromatic carbocycles. The number of rotatable bonds is 8. The minimum absolute atomic E-state index is 0.969. The lowest BCUT2D eigenvalue weighted by Crippen LogP contribution is -1.99. The van der Waals surface area contributed by atoms with E-state index >= 15 is 0 Å². The fourth-order valence-corrected chi connectivity index (χ4v) is 2.09. The average molecular weight is 188 g/mol. The molecule has 0 N–H and O–H groups in total. The Hall–Kier alpha value is 0.430. The van der Waals surface area contributed by atoms with E-state index in [1.807, 2.05) is 0 Å². The smallest absolute Gasteiger partial charge is 0.0353 e. The Kier molecular flexibility index (Phi) is 9.86. The predicted molar refractivity (Wildman–Crippen MR) is 61.7 cm³/mol. The van der Waals surface area contributed by atoms with Crippen molar-refractivity contribution < 1.29 is 0 Å². The quantitative estimate of drug-likeness (QED) is 0.394. The molecule has 0 saturated heterocycles. The molecule has 0 nitrogen and oxygen atoms in total. The van der Waals surface area contributed by atoms with Gasteiger partial charge in [-0.2, -0.15) is 0 Å². The molecule has 0 rings (SSSR count). The summed E-state index contributed by atoms with van der Waals surface area (Å²) < 4.78 is 0. The SMILES string of the molecule is CCCCCCCC(CC)CP. The van der Waals surface area contributed by atoms with Gasteiger partial charge in [-0.1, -0.05) is 58.8 Å². The zero-order valence-corrected chi connectivity index (χ0v) is 9.97. The average Bonchev–Trinajstić information content (AvgIpc) is 2.11. The molecule has 0 spiro atoms. The van der Waals surface area contributed by atoms with E-state index in [4.69, 9.17) is 0 Å². The van der Waals surface area contributed by atoms with Crippen molar-refractivity contribution in [2.45, 2.75) is 58.8 Å². The molecule has 0 amide bonds. The molecule has 0 aliphatic carbocycles. The van der Waals surface area contributed by atoms with Gasteiger partial charge in [0.2, 0.25) is 0 Å². The van der Waals surface area contributed by atoms with Crippen LogP contribution in [-0.4, -0.2) is 6.16 Å². The maximum Gasteiger partial charge on any atom is -0.0353 e. The van der Waals surface area contributed by atoms with E-state index in [0.717, 1.165) is 5.92 Å². The van der Waals surface area contributed by atoms with Gasteiger partial charge in [-0.15, -0.1) is 9.24 Å². The Morgan fingerprint density at radius 3 is 2.17 bits per heavy atom. The Bertz CT molecular complexity index is 77.1. The second-order valence-electron chi connectivity index (χ2n) is 3.71. The van der Waals surface area contributed by atoms with Crippen LogP contribution < -0.4 is 0 Å². The second kappa shape index (κ2) is 9.52. The van der Waals surface area contributed by atoms with E-state index in [0.29, 0.717) is 0 Å². The number of hydrogen-bond acceptors (Lipinski definition) is 0. The fraction of sp³-hybridized carbons (Fsp3) is 1.00. The number of hydrogen-bond donors (Lipinski definition) is 0. The topological polar surface area (TPSA) is 0 Å². The van der Waals surface area contributed by atoms with Gasteiger partial charge in [0, 0.05) is 0 Å². The summed E-state index contributed by atoms with van der Waals surface area (Å²) in [6.07, 6.45) is 11.2. The maximum absolute atomic E-state index is 2.87. The number of unbranched alkanes of at least 4 members (excludes halogenated alkanes) is 4. The summed E-state index contributed by atoms with van der Waals surface area (Å²) in [5, 5.41) is 0. The third-order valence-electron chi connectivity index (χ3n) is 2.63. The van der Waals surface area contributed by atoms with Gasteiger partial charge >= 0.3 is 0 Å². The van der Waals surface area contributed by atoms with Crippen LogP contribution in [0.15, 0.2) is 0 Å². The lowest BCUT2D eigenvalue weighted by molar-refractivity contribution is 0.480. The van der Waals surface area contributed by atoms with Crippen LogP contribution in [0.4, 0.5) is 0 Å². The first-order valence-corrected chi connectivity index (χ1v) is 6.36. The molecular formula is C11H25P. The van der Waals surface area contributed by atoms with Crippen molar-refractivity contribution in [3.63, 3.8) is 0 Å². The minimum Gasteiger partial charge on any atom is -0.137 e. The van der Waals surface area contributed by atoms with Crippen molar-refractivity contribution >= 4 is 9.24 Å². The Balaban J connectivity index is 3.06. The van der Waals surface area contributed by atoms with Gasteiger partial charge < -0.3 is 0 Å². The van der Waals surface area contributed by atoms with Crippen molar-refractivity contribution in [2.75, 3.05) is 6.16 Å². The van der Waals surface area contributed by atoms with E-state index in [2.05, 4.69) is 23.1 Å². The van der Waals surface area contributed by atoms with E-state index < -0.39 is 0 Å². The molecule has 74 valence electrons. The first kappa shape index (κ1) is 12.4. The van der Waals surface area contributed by atoms with Crippen LogP contribution in [0.5, 0.6) is 0 Å². The Labute approximate surface area is 80.7 Å². The normalized spacial score (nSPS) is 13.2. The standard InChI is InChI=1S/C11H25P/c1-3-5-6-7-8-9-11(4-2)10-12/h11H,3-10,12H2,1-2H3. The second-order valence-corrected chi connectivity index (χ2v) is 4.18. The first-order chi connectivity index (χ1) is 5.85. The van der Waals surface area contributed by atoms with Crippen LogP contribution in [-0.2, 0) is 0 Å². The summed E-state index contributed by atoms with van der Waals surface area (Å²) in [6, 6.07) is 0. The van der Waals surface area contributed by atoms with Gasteiger partial charge in [-0.05, 0) is 12.1 Å². The van der Waals surface area contributed by atoms with Crippen LogP contribution in [0.2, 0.25) is 0 Å². The summed E-state index contributed by atoms with van der Waals surface area (Å²) in [5.74, 6) is 0.969. The van der Waals surface area contributed by atoms with Gasteiger partial charge in [-0.3, -0.25) is 0 Å². The minimum atomic E-state index is 0.969. The van der Waals surface area contributed by atoms with Gasteiger partial charge in [-0.25, -0.2) is 0 Å². The third kappa shape index (κ3) is 7.10. The van der Waals surface area contributed by atoms with Crippen LogP contribution in [0.25, 0.3) is 0 Å². The molecule has 1 heteroatoms.